The Hall–Kier alpha value is -1.33. The van der Waals surface area contributed by atoms with Gasteiger partial charge in [0.2, 0.25) is 0 Å². The van der Waals surface area contributed by atoms with Gasteiger partial charge < -0.3 is 4.74 Å². The van der Waals surface area contributed by atoms with E-state index in [9.17, 15) is 4.79 Å². The Morgan fingerprint density at radius 3 is 2.61 bits per heavy atom. The molecule has 1 saturated carbocycles. The molecule has 0 bridgehead atoms. The second kappa shape index (κ2) is 8.90. The fourth-order valence-corrected chi connectivity index (χ4v) is 6.82. The second-order valence-corrected chi connectivity index (χ2v) is 11.1. The van der Waals surface area contributed by atoms with Gasteiger partial charge in [-0.15, -0.1) is 0 Å². The molecule has 1 heterocycles. The van der Waals surface area contributed by atoms with Crippen molar-refractivity contribution in [2.75, 3.05) is 19.4 Å². The lowest BCUT2D eigenvalue weighted by Gasteiger charge is -2.45. The lowest BCUT2D eigenvalue weighted by Crippen LogP contribution is -2.51. The number of nitrogens with zero attached hydrogens (tertiary/aromatic N) is 2. The van der Waals surface area contributed by atoms with Crippen LogP contribution < -0.4 is 0 Å². The third-order valence-electron chi connectivity index (χ3n) is 7.73. The molecule has 0 N–H and O–H groups in total. The Labute approximate surface area is 192 Å². The number of aryl methyl sites for hydroxylation is 1. The third kappa shape index (κ3) is 3.66. The number of carbonyl (C=O) groups is 1. The molecule has 3 aliphatic rings. The van der Waals surface area contributed by atoms with E-state index in [-0.39, 0.29) is 11.3 Å². The van der Waals surface area contributed by atoms with Crippen molar-refractivity contribution in [3.63, 3.8) is 0 Å². The van der Waals surface area contributed by atoms with Gasteiger partial charge in [-0.3, -0.25) is 9.69 Å². The molecule has 1 aromatic rings. The number of aliphatic imine (C=N–C) groups is 1. The summed E-state index contributed by atoms with van der Waals surface area (Å²) in [4.78, 5) is 21.5. The van der Waals surface area contributed by atoms with E-state index in [1.807, 2.05) is 12.0 Å². The number of thioether (sulfide) groups is 1. The normalized spacial score (nSPS) is 30.0. The van der Waals surface area contributed by atoms with Gasteiger partial charge in [0, 0.05) is 19.1 Å². The molecule has 1 fully saturated rings. The lowest BCUT2D eigenvalue weighted by atomic mass is 9.61. The Balaban J connectivity index is 1.82. The largest absolute Gasteiger partial charge is 0.381 e. The zero-order chi connectivity index (χ0) is 22.2. The van der Waals surface area contributed by atoms with Gasteiger partial charge in [-0.05, 0) is 80.2 Å². The third-order valence-corrected chi connectivity index (χ3v) is 8.59. The smallest absolute Gasteiger partial charge is 0.261 e. The minimum absolute atomic E-state index is 0.123. The standard InChI is InChI=1S/C26H38N2O2S/c1-6-28-23(29)26(27-24(28)31-7-2)22-16-19(9-8-18(3)4)10-11-20(22)17-25(26)14-12-21(30-5)13-15-25/h10-11,16,18,21H,6-9,12-15,17H2,1-5H3/t21-,25-,26?. The van der Waals surface area contributed by atoms with Crippen molar-refractivity contribution in [3.05, 3.63) is 34.9 Å². The van der Waals surface area contributed by atoms with E-state index in [4.69, 9.17) is 9.73 Å². The van der Waals surface area contributed by atoms with Gasteiger partial charge in [0.25, 0.3) is 5.91 Å². The number of fused-ring (bicyclic) bond motifs is 3. The van der Waals surface area contributed by atoms with Gasteiger partial charge in [0.15, 0.2) is 10.7 Å². The fourth-order valence-electron chi connectivity index (χ4n) is 5.99. The summed E-state index contributed by atoms with van der Waals surface area (Å²) in [6, 6.07) is 6.93. The van der Waals surface area contributed by atoms with Crippen LogP contribution in [-0.2, 0) is 27.9 Å². The Kier molecular flexibility index (Phi) is 6.56. The van der Waals surface area contributed by atoms with Crippen LogP contribution in [0.15, 0.2) is 23.2 Å². The van der Waals surface area contributed by atoms with E-state index in [1.54, 1.807) is 11.8 Å². The average molecular weight is 443 g/mol. The first-order chi connectivity index (χ1) is 14.9. The van der Waals surface area contributed by atoms with Gasteiger partial charge >= 0.3 is 0 Å². The molecule has 1 unspecified atom stereocenters. The molecule has 31 heavy (non-hydrogen) atoms. The lowest BCUT2D eigenvalue weighted by molar-refractivity contribution is -0.138. The highest BCUT2D eigenvalue weighted by Crippen LogP contribution is 2.62. The van der Waals surface area contributed by atoms with Crippen molar-refractivity contribution in [2.24, 2.45) is 16.3 Å². The summed E-state index contributed by atoms with van der Waals surface area (Å²) >= 11 is 1.71. The van der Waals surface area contributed by atoms with E-state index in [1.165, 1.54) is 23.1 Å². The minimum atomic E-state index is -0.748. The predicted molar refractivity (Wildman–Crippen MR) is 130 cm³/mol. The summed E-state index contributed by atoms with van der Waals surface area (Å²) in [5, 5.41) is 0.920. The second-order valence-electron chi connectivity index (χ2n) is 9.90. The zero-order valence-corrected chi connectivity index (χ0v) is 20.7. The highest BCUT2D eigenvalue weighted by Gasteiger charge is 2.66. The molecule has 0 aromatic heterocycles. The Morgan fingerprint density at radius 1 is 1.26 bits per heavy atom. The average Bonchev–Trinajstić information content (AvgIpc) is 3.19. The molecule has 2 spiro atoms. The molecule has 5 heteroatoms. The summed E-state index contributed by atoms with van der Waals surface area (Å²) in [7, 11) is 1.82. The molecule has 4 nitrogen and oxygen atoms in total. The minimum Gasteiger partial charge on any atom is -0.381 e. The molecule has 1 aromatic carbocycles. The van der Waals surface area contributed by atoms with Crippen LogP contribution in [0.25, 0.3) is 0 Å². The quantitative estimate of drug-likeness (QED) is 0.578. The number of carbonyl (C=O) groups excluding carboxylic acids is 1. The topological polar surface area (TPSA) is 41.9 Å². The van der Waals surface area contributed by atoms with E-state index in [0.717, 1.165) is 49.4 Å². The number of rotatable bonds is 6. The van der Waals surface area contributed by atoms with Crippen molar-refractivity contribution < 1.29 is 9.53 Å². The maximum atomic E-state index is 14.2. The van der Waals surface area contributed by atoms with Gasteiger partial charge in [0.05, 0.1) is 6.10 Å². The van der Waals surface area contributed by atoms with Crippen molar-refractivity contribution >= 4 is 22.8 Å². The van der Waals surface area contributed by atoms with E-state index in [2.05, 4.69) is 45.9 Å². The van der Waals surface area contributed by atoms with Gasteiger partial charge in [-0.2, -0.15) is 0 Å². The molecule has 170 valence electrons. The number of benzene rings is 1. The molecule has 4 rings (SSSR count). The Bertz CT molecular complexity index is 857. The molecule has 1 atom stereocenters. The van der Waals surface area contributed by atoms with Crippen molar-refractivity contribution in [2.45, 2.75) is 84.3 Å². The zero-order valence-electron chi connectivity index (χ0n) is 19.9. The molecule has 0 saturated heterocycles. The summed E-state index contributed by atoms with van der Waals surface area (Å²) in [6.45, 7) is 9.45. The summed E-state index contributed by atoms with van der Waals surface area (Å²) in [6.07, 6.45) is 7.51. The monoisotopic (exact) mass is 442 g/mol. The van der Waals surface area contributed by atoms with Crippen LogP contribution in [0.5, 0.6) is 0 Å². The van der Waals surface area contributed by atoms with Crippen LogP contribution in [0.1, 0.15) is 76.5 Å². The molecular formula is C26H38N2O2S. The first-order valence-corrected chi connectivity index (χ1v) is 13.1. The van der Waals surface area contributed by atoms with E-state index >= 15 is 0 Å². The fraction of sp³-hybridized carbons (Fsp3) is 0.692. The molecule has 1 amide bonds. The number of hydrogen-bond acceptors (Lipinski definition) is 4. The Morgan fingerprint density at radius 2 is 2.00 bits per heavy atom. The molecule has 0 radical (unpaired) electrons. The maximum Gasteiger partial charge on any atom is 0.261 e. The molecule has 2 aliphatic carbocycles. The maximum absolute atomic E-state index is 14.2. The number of likely N-dealkylation sites (N-methyl/N-ethyl adjacent to an activating group) is 1. The van der Waals surface area contributed by atoms with Crippen LogP contribution in [0.4, 0.5) is 0 Å². The highest BCUT2D eigenvalue weighted by molar-refractivity contribution is 8.13. The van der Waals surface area contributed by atoms with E-state index in [0.29, 0.717) is 18.6 Å². The van der Waals surface area contributed by atoms with Crippen molar-refractivity contribution in [1.82, 2.24) is 4.90 Å². The number of methoxy groups -OCH3 is 1. The first-order valence-electron chi connectivity index (χ1n) is 12.1. The van der Waals surface area contributed by atoms with E-state index < -0.39 is 5.54 Å². The number of ether oxygens (including phenoxy) is 1. The van der Waals surface area contributed by atoms with Crippen LogP contribution in [0.3, 0.4) is 0 Å². The van der Waals surface area contributed by atoms with Crippen LogP contribution >= 0.6 is 11.8 Å². The molecular weight excluding hydrogens is 404 g/mol. The SMILES string of the molecule is CCSC1=NC2(C(=O)N1CC)c1cc(CCC(C)C)ccc1C[C@]21CC[C@@H](OC)CC1. The van der Waals surface area contributed by atoms with Crippen LogP contribution in [-0.4, -0.2) is 41.5 Å². The number of amides is 1. The van der Waals surface area contributed by atoms with Crippen molar-refractivity contribution in [3.8, 4) is 0 Å². The summed E-state index contributed by atoms with van der Waals surface area (Å²) in [5.41, 5.74) is 3.00. The summed E-state index contributed by atoms with van der Waals surface area (Å²) in [5.74, 6) is 1.81. The van der Waals surface area contributed by atoms with Gasteiger partial charge in [-0.25, -0.2) is 4.99 Å². The summed E-state index contributed by atoms with van der Waals surface area (Å²) < 4.78 is 5.69. The molecule has 1 aliphatic heterocycles. The van der Waals surface area contributed by atoms with Crippen LogP contribution in [0.2, 0.25) is 0 Å². The van der Waals surface area contributed by atoms with Gasteiger partial charge in [-0.1, -0.05) is 50.7 Å². The number of hydrogen-bond donors (Lipinski definition) is 0. The van der Waals surface area contributed by atoms with Crippen molar-refractivity contribution in [1.29, 1.82) is 0 Å². The van der Waals surface area contributed by atoms with Crippen LogP contribution in [0, 0.1) is 11.3 Å². The van der Waals surface area contributed by atoms with Gasteiger partial charge in [0.1, 0.15) is 0 Å². The first kappa shape index (κ1) is 22.8. The number of amidine groups is 1. The highest BCUT2D eigenvalue weighted by atomic mass is 32.2. The predicted octanol–water partition coefficient (Wildman–Crippen LogP) is 5.57.